The number of hydroxylamine groups is 1. The molecule has 3 atom stereocenters. The maximum absolute atomic E-state index is 14.0. The molecule has 0 aromatic heterocycles. The molecule has 0 bridgehead atoms. The molecule has 2 amide bonds. The Morgan fingerprint density at radius 2 is 1.62 bits per heavy atom. The van der Waals surface area contributed by atoms with Gasteiger partial charge in [-0.05, 0) is 35.2 Å². The molecule has 2 fully saturated rings. The first-order chi connectivity index (χ1) is 17.8. The van der Waals surface area contributed by atoms with Gasteiger partial charge in [0.15, 0.2) is 6.10 Å². The number of hydrogen-bond acceptors (Lipinski definition) is 6. The number of nitro benzene ring substituents is 1. The van der Waals surface area contributed by atoms with Crippen LogP contribution < -0.4 is 9.96 Å². The van der Waals surface area contributed by atoms with E-state index >= 15 is 0 Å². The van der Waals surface area contributed by atoms with Gasteiger partial charge >= 0.3 is 0 Å². The minimum absolute atomic E-state index is 0.158. The summed E-state index contributed by atoms with van der Waals surface area (Å²) in [4.78, 5) is 45.8. The molecule has 0 radical (unpaired) electrons. The van der Waals surface area contributed by atoms with Crippen LogP contribution in [-0.4, -0.2) is 22.8 Å². The molecule has 4 aromatic carbocycles. The van der Waals surface area contributed by atoms with Crippen molar-refractivity contribution in [2.24, 2.45) is 5.92 Å². The highest BCUT2D eigenvalue weighted by Crippen LogP contribution is 2.50. The Morgan fingerprint density at radius 3 is 2.41 bits per heavy atom. The Balaban J connectivity index is 1.49. The van der Waals surface area contributed by atoms with Gasteiger partial charge in [0.2, 0.25) is 5.91 Å². The summed E-state index contributed by atoms with van der Waals surface area (Å²) < 4.78 is 0. The van der Waals surface area contributed by atoms with E-state index in [9.17, 15) is 19.7 Å². The quantitative estimate of drug-likeness (QED) is 0.178. The molecule has 0 N–H and O–H groups in total. The summed E-state index contributed by atoms with van der Waals surface area (Å²) >= 11 is 12.7. The van der Waals surface area contributed by atoms with Crippen molar-refractivity contribution in [3.8, 4) is 0 Å². The molecule has 184 valence electrons. The maximum Gasteiger partial charge on any atom is 0.271 e. The number of halogens is 2. The molecule has 2 saturated heterocycles. The predicted octanol–water partition coefficient (Wildman–Crippen LogP) is 6.11. The average molecular weight is 534 g/mol. The van der Waals surface area contributed by atoms with Gasteiger partial charge in [-0.15, -0.1) is 0 Å². The third kappa shape index (κ3) is 3.72. The summed E-state index contributed by atoms with van der Waals surface area (Å²) in [5.74, 6) is -1.92. The molecule has 0 unspecified atom stereocenters. The summed E-state index contributed by atoms with van der Waals surface area (Å²) in [5.41, 5.74) is 1.13. The fraction of sp³-hybridized carbons (Fsp3) is 0.111. The van der Waals surface area contributed by atoms with Crippen LogP contribution in [-0.2, 0) is 14.4 Å². The number of imide groups is 1. The van der Waals surface area contributed by atoms with Crippen LogP contribution >= 0.6 is 23.2 Å². The number of carbonyl (C=O) groups is 2. The lowest BCUT2D eigenvalue weighted by Crippen LogP contribution is -2.37. The second kappa shape index (κ2) is 8.85. The maximum atomic E-state index is 14.0. The smallest absolute Gasteiger partial charge is 0.271 e. The molecule has 8 nitrogen and oxygen atoms in total. The van der Waals surface area contributed by atoms with E-state index in [0.29, 0.717) is 22.0 Å². The topological polar surface area (TPSA) is 93.0 Å². The lowest BCUT2D eigenvalue weighted by molar-refractivity contribution is -0.384. The van der Waals surface area contributed by atoms with Gasteiger partial charge in [0.1, 0.15) is 5.92 Å². The number of anilines is 2. The van der Waals surface area contributed by atoms with Crippen LogP contribution in [0.3, 0.4) is 0 Å². The van der Waals surface area contributed by atoms with E-state index in [2.05, 4.69) is 0 Å². The van der Waals surface area contributed by atoms with E-state index in [1.165, 1.54) is 28.2 Å². The molecule has 4 aromatic rings. The normalized spacial score (nSPS) is 21.1. The third-order valence-corrected chi connectivity index (χ3v) is 7.26. The van der Waals surface area contributed by atoms with Crippen LogP contribution in [0, 0.1) is 16.0 Å². The monoisotopic (exact) mass is 533 g/mol. The van der Waals surface area contributed by atoms with Crippen molar-refractivity contribution in [1.82, 2.24) is 0 Å². The second-order valence-electron chi connectivity index (χ2n) is 8.78. The number of rotatable bonds is 4. The first-order valence-electron chi connectivity index (χ1n) is 11.4. The zero-order valence-corrected chi connectivity index (χ0v) is 20.5. The number of non-ortho nitro benzene ring substituents is 1. The van der Waals surface area contributed by atoms with Gasteiger partial charge in [0.05, 0.1) is 22.3 Å². The number of nitrogens with zero attached hydrogens (tertiary/aromatic N) is 3. The molecule has 0 spiro atoms. The molecule has 37 heavy (non-hydrogen) atoms. The Morgan fingerprint density at radius 1 is 0.865 bits per heavy atom. The Hall–Kier alpha value is -3.98. The van der Waals surface area contributed by atoms with Crippen molar-refractivity contribution in [3.63, 3.8) is 0 Å². The van der Waals surface area contributed by atoms with Crippen LogP contribution in [0.2, 0.25) is 10.0 Å². The summed E-state index contributed by atoms with van der Waals surface area (Å²) in [6.45, 7) is 0. The summed E-state index contributed by atoms with van der Waals surface area (Å²) in [6.07, 6.45) is -1.15. The van der Waals surface area contributed by atoms with Crippen LogP contribution in [0.25, 0.3) is 10.8 Å². The van der Waals surface area contributed by atoms with Gasteiger partial charge < -0.3 is 0 Å². The standard InChI is InChI=1S/C27H17Cl2N3O5/c28-16-11-12-20(21(29)13-16)24-23-25(37-31(24)17-7-4-8-18(14-17)32(35)36)27(34)30(26(23)33)22-10-3-6-15-5-1-2-9-19(15)22/h1-14,23-25H/t23-,24-,25-/m0/s1. The summed E-state index contributed by atoms with van der Waals surface area (Å²) in [5, 5.41) is 15.1. The fourth-order valence-electron chi connectivity index (χ4n) is 5.08. The van der Waals surface area contributed by atoms with E-state index in [4.69, 9.17) is 28.0 Å². The van der Waals surface area contributed by atoms with Crippen LogP contribution in [0.1, 0.15) is 11.6 Å². The Kier molecular flexibility index (Phi) is 5.60. The van der Waals surface area contributed by atoms with Crippen molar-refractivity contribution in [3.05, 3.63) is 111 Å². The lowest BCUT2D eigenvalue weighted by Gasteiger charge is -2.29. The molecule has 10 heteroatoms. The number of hydrogen-bond donors (Lipinski definition) is 0. The highest BCUT2D eigenvalue weighted by Gasteiger charge is 2.60. The van der Waals surface area contributed by atoms with E-state index in [1.807, 2.05) is 30.3 Å². The average Bonchev–Trinajstić information content (AvgIpc) is 3.39. The number of nitro groups is 1. The van der Waals surface area contributed by atoms with Crippen molar-refractivity contribution < 1.29 is 19.3 Å². The van der Waals surface area contributed by atoms with Crippen LogP contribution in [0.4, 0.5) is 17.1 Å². The highest BCUT2D eigenvalue weighted by atomic mass is 35.5. The molecular formula is C27H17Cl2N3O5. The van der Waals surface area contributed by atoms with E-state index in [0.717, 1.165) is 10.8 Å². The Bertz CT molecular complexity index is 1610. The second-order valence-corrected chi connectivity index (χ2v) is 9.62. The van der Waals surface area contributed by atoms with Gasteiger partial charge in [-0.3, -0.25) is 24.5 Å². The van der Waals surface area contributed by atoms with Crippen LogP contribution in [0.15, 0.2) is 84.9 Å². The van der Waals surface area contributed by atoms with Gasteiger partial charge in [-0.25, -0.2) is 9.96 Å². The number of carbonyl (C=O) groups excluding carboxylic acids is 2. The molecule has 0 saturated carbocycles. The predicted molar refractivity (Wildman–Crippen MR) is 140 cm³/mol. The lowest BCUT2D eigenvalue weighted by atomic mass is 9.90. The van der Waals surface area contributed by atoms with Crippen molar-refractivity contribution >= 4 is 62.9 Å². The Labute approximate surface area is 220 Å². The van der Waals surface area contributed by atoms with Gasteiger partial charge in [0.25, 0.3) is 11.6 Å². The zero-order valence-electron chi connectivity index (χ0n) is 19.0. The van der Waals surface area contributed by atoms with E-state index in [-0.39, 0.29) is 10.7 Å². The molecule has 2 aliphatic rings. The molecule has 2 aliphatic heterocycles. The fourth-order valence-corrected chi connectivity index (χ4v) is 5.60. The largest absolute Gasteiger partial charge is 0.273 e. The van der Waals surface area contributed by atoms with Crippen molar-refractivity contribution in [1.29, 1.82) is 0 Å². The molecule has 6 rings (SSSR count). The molecule has 0 aliphatic carbocycles. The first-order valence-corrected chi connectivity index (χ1v) is 12.1. The molecule has 2 heterocycles. The van der Waals surface area contributed by atoms with Crippen LogP contribution in [0.5, 0.6) is 0 Å². The van der Waals surface area contributed by atoms with Gasteiger partial charge in [-0.2, -0.15) is 0 Å². The number of benzene rings is 4. The zero-order chi connectivity index (χ0) is 25.8. The summed E-state index contributed by atoms with van der Waals surface area (Å²) in [6, 6.07) is 22.7. The van der Waals surface area contributed by atoms with Crippen molar-refractivity contribution in [2.75, 3.05) is 9.96 Å². The van der Waals surface area contributed by atoms with E-state index in [1.54, 1.807) is 36.4 Å². The number of fused-ring (bicyclic) bond motifs is 2. The SMILES string of the molecule is O=C1[C@@H]2[C@H](ON(c3cccc([N+](=O)[O-])c3)[C@H]2c2ccc(Cl)cc2Cl)C(=O)N1c1cccc2ccccc12. The summed E-state index contributed by atoms with van der Waals surface area (Å²) in [7, 11) is 0. The number of amides is 2. The van der Waals surface area contributed by atoms with Gasteiger partial charge in [0, 0.05) is 27.6 Å². The first kappa shape index (κ1) is 23.4. The molecular weight excluding hydrogens is 517 g/mol. The van der Waals surface area contributed by atoms with E-state index < -0.39 is 34.8 Å². The van der Waals surface area contributed by atoms with Gasteiger partial charge in [-0.1, -0.05) is 71.7 Å². The minimum atomic E-state index is -1.15. The van der Waals surface area contributed by atoms with Crippen molar-refractivity contribution in [2.45, 2.75) is 12.1 Å². The third-order valence-electron chi connectivity index (χ3n) is 6.70. The minimum Gasteiger partial charge on any atom is -0.273 e. The highest BCUT2D eigenvalue weighted by molar-refractivity contribution is 6.35.